The number of carbonyl (C=O) groups excluding carboxylic acids is 1. The molecule has 0 rings (SSSR count). The summed E-state index contributed by atoms with van der Waals surface area (Å²) in [5.74, 6) is -0.00291. The average molecular weight is 202 g/mol. The van der Waals surface area contributed by atoms with Crippen molar-refractivity contribution >= 4 is 5.91 Å². The summed E-state index contributed by atoms with van der Waals surface area (Å²) in [6, 6.07) is 0. The maximum atomic E-state index is 10.7. The number of nitrogens with two attached hydrogens (primary N) is 1. The van der Waals surface area contributed by atoms with Crippen LogP contribution in [-0.2, 0) is 4.79 Å². The minimum absolute atomic E-state index is 0.106. The summed E-state index contributed by atoms with van der Waals surface area (Å²) >= 11 is 0. The SMILES string of the molecule is CC(CO)CCCNCC(C)C(N)=O. The Balaban J connectivity index is 3.25. The molecule has 84 valence electrons. The van der Waals surface area contributed by atoms with E-state index in [1.807, 2.05) is 13.8 Å². The van der Waals surface area contributed by atoms with E-state index in [4.69, 9.17) is 10.8 Å². The first-order valence-corrected chi connectivity index (χ1v) is 5.18. The first-order chi connectivity index (χ1) is 6.57. The summed E-state index contributed by atoms with van der Waals surface area (Å²) in [7, 11) is 0. The standard InChI is InChI=1S/C10H22N2O2/c1-8(7-13)4-3-5-12-6-9(2)10(11)14/h8-9,12-13H,3-7H2,1-2H3,(H2,11,14). The molecule has 0 aromatic heterocycles. The second-order valence-electron chi connectivity index (χ2n) is 3.94. The Hall–Kier alpha value is -0.610. The minimum Gasteiger partial charge on any atom is -0.396 e. The highest BCUT2D eigenvalue weighted by atomic mass is 16.3. The average Bonchev–Trinajstić information content (AvgIpc) is 2.16. The summed E-state index contributed by atoms with van der Waals surface area (Å²) in [6.07, 6.45) is 2.03. The number of nitrogens with one attached hydrogen (secondary N) is 1. The van der Waals surface area contributed by atoms with Gasteiger partial charge in [0.05, 0.1) is 0 Å². The molecule has 4 N–H and O–H groups in total. The zero-order valence-corrected chi connectivity index (χ0v) is 9.12. The molecule has 0 spiro atoms. The van der Waals surface area contributed by atoms with Crippen LogP contribution in [0.3, 0.4) is 0 Å². The van der Waals surface area contributed by atoms with E-state index < -0.39 is 0 Å². The minimum atomic E-state index is -0.263. The fourth-order valence-corrected chi connectivity index (χ4v) is 1.09. The van der Waals surface area contributed by atoms with E-state index in [1.165, 1.54) is 0 Å². The van der Waals surface area contributed by atoms with Gasteiger partial charge in [0.2, 0.25) is 5.91 Å². The fourth-order valence-electron chi connectivity index (χ4n) is 1.09. The van der Waals surface area contributed by atoms with Gasteiger partial charge in [-0.15, -0.1) is 0 Å². The Morgan fingerprint density at radius 1 is 1.50 bits per heavy atom. The zero-order chi connectivity index (χ0) is 11.0. The highest BCUT2D eigenvalue weighted by Gasteiger charge is 2.07. The molecule has 0 radical (unpaired) electrons. The molecule has 0 aliphatic rings. The van der Waals surface area contributed by atoms with Crippen LogP contribution in [-0.4, -0.2) is 30.7 Å². The van der Waals surface area contributed by atoms with E-state index in [-0.39, 0.29) is 18.4 Å². The third kappa shape index (κ3) is 6.86. The Morgan fingerprint density at radius 3 is 2.64 bits per heavy atom. The van der Waals surface area contributed by atoms with Crippen molar-refractivity contribution in [3.63, 3.8) is 0 Å². The van der Waals surface area contributed by atoms with Gasteiger partial charge in [0.1, 0.15) is 0 Å². The van der Waals surface area contributed by atoms with Crippen molar-refractivity contribution in [3.05, 3.63) is 0 Å². The van der Waals surface area contributed by atoms with Crippen LogP contribution in [0.2, 0.25) is 0 Å². The maximum Gasteiger partial charge on any atom is 0.221 e. The van der Waals surface area contributed by atoms with Gasteiger partial charge in [0.25, 0.3) is 0 Å². The van der Waals surface area contributed by atoms with Crippen molar-refractivity contribution in [2.45, 2.75) is 26.7 Å². The smallest absolute Gasteiger partial charge is 0.221 e. The number of primary amides is 1. The molecule has 0 aliphatic heterocycles. The van der Waals surface area contributed by atoms with Crippen LogP contribution in [0.4, 0.5) is 0 Å². The van der Waals surface area contributed by atoms with Crippen molar-refractivity contribution < 1.29 is 9.90 Å². The summed E-state index contributed by atoms with van der Waals surface area (Å²) in [5, 5.41) is 11.9. The van der Waals surface area contributed by atoms with Crippen LogP contribution < -0.4 is 11.1 Å². The molecule has 1 amide bonds. The Bertz CT molecular complexity index is 162. The van der Waals surface area contributed by atoms with Gasteiger partial charge in [-0.3, -0.25) is 4.79 Å². The van der Waals surface area contributed by atoms with Crippen molar-refractivity contribution in [2.24, 2.45) is 17.6 Å². The monoisotopic (exact) mass is 202 g/mol. The molecular weight excluding hydrogens is 180 g/mol. The highest BCUT2D eigenvalue weighted by Crippen LogP contribution is 2.02. The summed E-state index contributed by atoms with van der Waals surface area (Å²) in [4.78, 5) is 10.7. The number of aliphatic hydroxyl groups excluding tert-OH is 1. The summed E-state index contributed by atoms with van der Waals surface area (Å²) in [6.45, 7) is 5.60. The van der Waals surface area contributed by atoms with E-state index in [0.29, 0.717) is 12.5 Å². The molecule has 2 unspecified atom stereocenters. The number of amides is 1. The first-order valence-electron chi connectivity index (χ1n) is 5.18. The van der Waals surface area contributed by atoms with Gasteiger partial charge < -0.3 is 16.2 Å². The lowest BCUT2D eigenvalue weighted by molar-refractivity contribution is -0.121. The summed E-state index contributed by atoms with van der Waals surface area (Å²) < 4.78 is 0. The number of aliphatic hydroxyl groups is 1. The van der Waals surface area contributed by atoms with Gasteiger partial charge in [-0.1, -0.05) is 13.8 Å². The fraction of sp³-hybridized carbons (Fsp3) is 0.900. The normalized spacial score (nSPS) is 15.1. The molecule has 0 aromatic carbocycles. The van der Waals surface area contributed by atoms with Crippen molar-refractivity contribution in [3.8, 4) is 0 Å². The molecule has 0 bridgehead atoms. The molecule has 0 saturated carbocycles. The molecule has 4 nitrogen and oxygen atoms in total. The van der Waals surface area contributed by atoms with E-state index in [0.717, 1.165) is 19.4 Å². The Kier molecular flexibility index (Phi) is 7.42. The largest absolute Gasteiger partial charge is 0.396 e. The maximum absolute atomic E-state index is 10.7. The molecule has 0 aromatic rings. The lowest BCUT2D eigenvalue weighted by Crippen LogP contribution is -2.31. The summed E-state index contributed by atoms with van der Waals surface area (Å²) in [5.41, 5.74) is 5.11. The van der Waals surface area contributed by atoms with Crippen LogP contribution in [0.15, 0.2) is 0 Å². The van der Waals surface area contributed by atoms with E-state index in [1.54, 1.807) is 0 Å². The zero-order valence-electron chi connectivity index (χ0n) is 9.12. The number of hydrogen-bond acceptors (Lipinski definition) is 3. The van der Waals surface area contributed by atoms with Crippen molar-refractivity contribution in [1.82, 2.24) is 5.32 Å². The topological polar surface area (TPSA) is 75.3 Å². The Labute approximate surface area is 85.9 Å². The van der Waals surface area contributed by atoms with Crippen molar-refractivity contribution in [1.29, 1.82) is 0 Å². The van der Waals surface area contributed by atoms with Gasteiger partial charge in [-0.25, -0.2) is 0 Å². The van der Waals surface area contributed by atoms with Gasteiger partial charge in [-0.05, 0) is 25.3 Å². The Morgan fingerprint density at radius 2 is 2.14 bits per heavy atom. The molecule has 4 heteroatoms. The first kappa shape index (κ1) is 13.4. The second kappa shape index (κ2) is 7.76. The second-order valence-corrected chi connectivity index (χ2v) is 3.94. The van der Waals surface area contributed by atoms with E-state index in [2.05, 4.69) is 5.32 Å². The van der Waals surface area contributed by atoms with Crippen LogP contribution in [0.1, 0.15) is 26.7 Å². The van der Waals surface area contributed by atoms with Crippen LogP contribution in [0.5, 0.6) is 0 Å². The van der Waals surface area contributed by atoms with Gasteiger partial charge in [-0.2, -0.15) is 0 Å². The van der Waals surface area contributed by atoms with Crippen molar-refractivity contribution in [2.75, 3.05) is 19.7 Å². The molecule has 14 heavy (non-hydrogen) atoms. The number of hydrogen-bond donors (Lipinski definition) is 3. The van der Waals surface area contributed by atoms with Gasteiger partial charge in [0.15, 0.2) is 0 Å². The molecule has 0 saturated heterocycles. The van der Waals surface area contributed by atoms with Crippen LogP contribution >= 0.6 is 0 Å². The molecule has 0 fully saturated rings. The van der Waals surface area contributed by atoms with E-state index >= 15 is 0 Å². The molecule has 0 aliphatic carbocycles. The number of carbonyl (C=O) groups is 1. The van der Waals surface area contributed by atoms with Gasteiger partial charge >= 0.3 is 0 Å². The lowest BCUT2D eigenvalue weighted by atomic mass is 10.1. The third-order valence-electron chi connectivity index (χ3n) is 2.30. The molecule has 2 atom stereocenters. The lowest BCUT2D eigenvalue weighted by Gasteiger charge is -2.10. The predicted octanol–water partition coefficient (Wildman–Crippen LogP) is 0.106. The number of rotatable bonds is 8. The third-order valence-corrected chi connectivity index (χ3v) is 2.30. The highest BCUT2D eigenvalue weighted by molar-refractivity contribution is 5.76. The quantitative estimate of drug-likeness (QED) is 0.489. The molecule has 0 heterocycles. The predicted molar refractivity (Wildman–Crippen MR) is 56.7 cm³/mol. The van der Waals surface area contributed by atoms with Crippen LogP contribution in [0, 0.1) is 11.8 Å². The van der Waals surface area contributed by atoms with Gasteiger partial charge in [0, 0.05) is 19.1 Å². The van der Waals surface area contributed by atoms with E-state index in [9.17, 15) is 4.79 Å². The van der Waals surface area contributed by atoms with Crippen LogP contribution in [0.25, 0.3) is 0 Å². The molecular formula is C10H22N2O2.